The smallest absolute Gasteiger partial charge is 0.311 e. The van der Waals surface area contributed by atoms with Crippen LogP contribution < -0.4 is 15.2 Å². The van der Waals surface area contributed by atoms with Gasteiger partial charge < -0.3 is 24.8 Å². The van der Waals surface area contributed by atoms with Crippen molar-refractivity contribution in [3.63, 3.8) is 0 Å². The van der Waals surface area contributed by atoms with Crippen LogP contribution >= 0.6 is 0 Å². The van der Waals surface area contributed by atoms with Gasteiger partial charge in [0.2, 0.25) is 5.91 Å². The van der Waals surface area contributed by atoms with Crippen LogP contribution in [-0.4, -0.2) is 61.2 Å². The molecule has 0 aliphatic carbocycles. The van der Waals surface area contributed by atoms with Gasteiger partial charge in [-0.3, -0.25) is 9.59 Å². The number of carbonyl (C=O) groups is 2. The first kappa shape index (κ1) is 26.1. The minimum Gasteiger partial charge on any atom is -0.493 e. The number of halogens is 2. The molecule has 3 aromatic rings. The van der Waals surface area contributed by atoms with Gasteiger partial charge in [-0.05, 0) is 36.6 Å². The Morgan fingerprint density at radius 3 is 2.49 bits per heavy atom. The van der Waals surface area contributed by atoms with E-state index in [1.54, 1.807) is 17.0 Å². The highest BCUT2D eigenvalue weighted by atomic mass is 19.1. The van der Waals surface area contributed by atoms with Gasteiger partial charge in [0, 0.05) is 30.8 Å². The summed E-state index contributed by atoms with van der Waals surface area (Å²) in [6.45, 7) is 0.436. The number of likely N-dealkylation sites (tertiary alicyclic amines) is 1. The van der Waals surface area contributed by atoms with Crippen LogP contribution in [0, 0.1) is 17.6 Å². The van der Waals surface area contributed by atoms with Crippen LogP contribution in [0.1, 0.15) is 30.1 Å². The number of esters is 1. The number of nitrogens with two attached hydrogens (primary N) is 1. The quantitative estimate of drug-likeness (QED) is 0.478. The molecule has 2 heterocycles. The molecule has 0 spiro atoms. The van der Waals surface area contributed by atoms with Crippen LogP contribution in [-0.2, 0) is 20.7 Å². The zero-order valence-electron chi connectivity index (χ0n) is 20.8. The fourth-order valence-corrected chi connectivity index (χ4v) is 4.67. The minimum absolute atomic E-state index is 0.0290. The molecule has 1 aliphatic rings. The summed E-state index contributed by atoms with van der Waals surface area (Å²) in [6, 6.07) is 7.47. The van der Waals surface area contributed by atoms with Gasteiger partial charge in [-0.1, -0.05) is 12.1 Å². The fraction of sp³-hybridized carbons (Fsp3) is 0.385. The first-order chi connectivity index (χ1) is 17.8. The number of benzene rings is 2. The number of piperidine rings is 1. The number of nitrogen functional groups attached to an aromatic ring is 1. The van der Waals surface area contributed by atoms with E-state index in [0.29, 0.717) is 19.4 Å². The molecule has 1 aromatic heterocycles. The largest absolute Gasteiger partial charge is 0.493 e. The van der Waals surface area contributed by atoms with Gasteiger partial charge in [0.15, 0.2) is 17.3 Å². The first-order valence-electron chi connectivity index (χ1n) is 11.7. The standard InChI is InChI=1S/C26H28F2N4O5/c1-35-19-12-17-22(21(28)23(19)36-2)30-25(31-24(17)29)16-10-11-32(13-18(16)26(34)37-3)20(33)9-6-14-4-7-15(27)8-5-14/h4-5,7-8,12,16,18H,6,9-11,13H2,1-3H3,(H2,29,30,31). The molecule has 11 heteroatoms. The van der Waals surface area contributed by atoms with E-state index in [2.05, 4.69) is 9.97 Å². The molecule has 2 N–H and O–H groups in total. The Bertz CT molecular complexity index is 1320. The number of hydrogen-bond acceptors (Lipinski definition) is 8. The van der Waals surface area contributed by atoms with Gasteiger partial charge in [-0.25, -0.2) is 18.7 Å². The van der Waals surface area contributed by atoms with Crippen molar-refractivity contribution in [3.05, 3.63) is 53.4 Å². The summed E-state index contributed by atoms with van der Waals surface area (Å²) < 4.78 is 43.7. The number of rotatable bonds is 7. The predicted octanol–water partition coefficient (Wildman–Crippen LogP) is 3.25. The lowest BCUT2D eigenvalue weighted by Crippen LogP contribution is -2.46. The molecular weight excluding hydrogens is 486 g/mol. The van der Waals surface area contributed by atoms with Crippen molar-refractivity contribution in [2.24, 2.45) is 5.92 Å². The minimum atomic E-state index is -0.770. The van der Waals surface area contributed by atoms with Crippen molar-refractivity contribution >= 4 is 28.6 Å². The summed E-state index contributed by atoms with van der Waals surface area (Å²) in [5, 5.41) is 0.252. The number of carbonyl (C=O) groups excluding carboxylic acids is 2. The van der Waals surface area contributed by atoms with Crippen molar-refractivity contribution in [2.45, 2.75) is 25.2 Å². The molecule has 2 unspecified atom stereocenters. The number of nitrogens with zero attached hydrogens (tertiary/aromatic N) is 3. The maximum Gasteiger partial charge on any atom is 0.311 e. The summed E-state index contributed by atoms with van der Waals surface area (Å²) in [4.78, 5) is 36.0. The van der Waals surface area contributed by atoms with E-state index in [1.807, 2.05) is 0 Å². The Morgan fingerprint density at radius 1 is 1.11 bits per heavy atom. The summed E-state index contributed by atoms with van der Waals surface area (Å²) in [7, 11) is 3.96. The second-order valence-electron chi connectivity index (χ2n) is 8.78. The van der Waals surface area contributed by atoms with Crippen LogP contribution in [0.4, 0.5) is 14.6 Å². The van der Waals surface area contributed by atoms with E-state index >= 15 is 4.39 Å². The van der Waals surface area contributed by atoms with Gasteiger partial charge >= 0.3 is 5.97 Å². The summed E-state index contributed by atoms with van der Waals surface area (Å²) in [5.41, 5.74) is 6.95. The second-order valence-corrected chi connectivity index (χ2v) is 8.78. The SMILES string of the molecule is COC(=O)C1CN(C(=O)CCc2ccc(F)cc2)CCC1c1nc(N)c2cc(OC)c(OC)c(F)c2n1. The second kappa shape index (κ2) is 10.9. The predicted molar refractivity (Wildman–Crippen MR) is 131 cm³/mol. The van der Waals surface area contributed by atoms with Gasteiger partial charge in [-0.2, -0.15) is 0 Å². The molecule has 2 atom stereocenters. The highest BCUT2D eigenvalue weighted by molar-refractivity contribution is 5.91. The summed E-state index contributed by atoms with van der Waals surface area (Å²) >= 11 is 0. The number of ether oxygens (including phenoxy) is 3. The maximum atomic E-state index is 15.3. The fourth-order valence-electron chi connectivity index (χ4n) is 4.67. The van der Waals surface area contributed by atoms with E-state index in [4.69, 9.17) is 19.9 Å². The zero-order valence-corrected chi connectivity index (χ0v) is 20.8. The molecule has 9 nitrogen and oxygen atoms in total. The average Bonchev–Trinajstić information content (AvgIpc) is 2.91. The Balaban J connectivity index is 1.59. The Hall–Kier alpha value is -4.02. The number of hydrogen-bond donors (Lipinski definition) is 1. The van der Waals surface area contributed by atoms with Crippen LogP contribution in [0.3, 0.4) is 0 Å². The van der Waals surface area contributed by atoms with Crippen molar-refractivity contribution in [1.82, 2.24) is 14.9 Å². The topological polar surface area (TPSA) is 117 Å². The van der Waals surface area contributed by atoms with Gasteiger partial charge in [-0.15, -0.1) is 0 Å². The lowest BCUT2D eigenvalue weighted by atomic mass is 9.84. The van der Waals surface area contributed by atoms with Crippen molar-refractivity contribution in [1.29, 1.82) is 0 Å². The van der Waals surface area contributed by atoms with E-state index in [0.717, 1.165) is 5.56 Å². The Morgan fingerprint density at radius 2 is 1.84 bits per heavy atom. The van der Waals surface area contributed by atoms with E-state index in [1.165, 1.54) is 39.5 Å². The molecule has 0 saturated carbocycles. The molecule has 1 fully saturated rings. The summed E-state index contributed by atoms with van der Waals surface area (Å²) in [6.07, 6.45) is 0.995. The van der Waals surface area contributed by atoms with Gasteiger partial charge in [0.05, 0.1) is 27.2 Å². The van der Waals surface area contributed by atoms with Crippen LogP contribution in [0.25, 0.3) is 10.9 Å². The molecule has 4 rings (SSSR count). The highest BCUT2D eigenvalue weighted by Gasteiger charge is 2.39. The maximum absolute atomic E-state index is 15.3. The average molecular weight is 515 g/mol. The van der Waals surface area contributed by atoms with Gasteiger partial charge in [0.1, 0.15) is 23.0 Å². The number of aromatic nitrogens is 2. The number of methoxy groups -OCH3 is 3. The lowest BCUT2D eigenvalue weighted by Gasteiger charge is -2.36. The molecule has 1 amide bonds. The first-order valence-corrected chi connectivity index (χ1v) is 11.7. The van der Waals surface area contributed by atoms with Crippen LogP contribution in [0.2, 0.25) is 0 Å². The molecule has 1 saturated heterocycles. The van der Waals surface area contributed by atoms with Crippen LogP contribution in [0.15, 0.2) is 30.3 Å². The highest BCUT2D eigenvalue weighted by Crippen LogP contribution is 2.39. The lowest BCUT2D eigenvalue weighted by molar-refractivity contribution is -0.150. The number of amides is 1. The third-order valence-electron chi connectivity index (χ3n) is 6.66. The van der Waals surface area contributed by atoms with Crippen LogP contribution in [0.5, 0.6) is 11.5 Å². The molecule has 0 radical (unpaired) electrons. The summed E-state index contributed by atoms with van der Waals surface area (Å²) in [5.74, 6) is -2.84. The van der Waals surface area contributed by atoms with Gasteiger partial charge in [0.25, 0.3) is 0 Å². The number of anilines is 1. The number of fused-ring (bicyclic) bond motifs is 1. The third-order valence-corrected chi connectivity index (χ3v) is 6.66. The monoisotopic (exact) mass is 514 g/mol. The molecular formula is C26H28F2N4O5. The normalized spacial score (nSPS) is 17.5. The Labute approximate surface area is 212 Å². The number of aryl methyl sites for hydroxylation is 1. The van der Waals surface area contributed by atoms with Crippen molar-refractivity contribution in [3.8, 4) is 11.5 Å². The zero-order chi connectivity index (χ0) is 26.7. The molecule has 196 valence electrons. The molecule has 1 aliphatic heterocycles. The molecule has 37 heavy (non-hydrogen) atoms. The molecule has 0 bridgehead atoms. The van der Waals surface area contributed by atoms with E-state index in [-0.39, 0.29) is 58.7 Å². The van der Waals surface area contributed by atoms with E-state index < -0.39 is 23.6 Å². The van der Waals surface area contributed by atoms with Crippen molar-refractivity contribution in [2.75, 3.05) is 40.2 Å². The molecule has 2 aromatic carbocycles. The third kappa shape index (κ3) is 5.25. The van der Waals surface area contributed by atoms with E-state index in [9.17, 15) is 14.0 Å². The van der Waals surface area contributed by atoms with Crippen molar-refractivity contribution < 1.29 is 32.6 Å². The Kier molecular flexibility index (Phi) is 7.70.